The predicted molar refractivity (Wildman–Crippen MR) is 77.7 cm³/mol. The molecule has 0 aliphatic rings. The van der Waals surface area contributed by atoms with Gasteiger partial charge in [-0.3, -0.25) is 0 Å². The minimum atomic E-state index is -0.621. The zero-order chi connectivity index (χ0) is 13.7. The van der Waals surface area contributed by atoms with Crippen LogP contribution in [-0.2, 0) is 6.42 Å². The number of hydrogen-bond donors (Lipinski definition) is 1. The Labute approximate surface area is 118 Å². The molecule has 1 atom stereocenters. The van der Waals surface area contributed by atoms with E-state index in [1.54, 1.807) is 13.2 Å². The van der Waals surface area contributed by atoms with Crippen molar-refractivity contribution in [3.63, 3.8) is 0 Å². The van der Waals surface area contributed by atoms with Gasteiger partial charge in [0.05, 0.1) is 18.2 Å². The third kappa shape index (κ3) is 3.49. The van der Waals surface area contributed by atoms with Gasteiger partial charge < -0.3 is 9.84 Å². The molecule has 1 unspecified atom stereocenters. The number of ether oxygens (including phenoxy) is 1. The fraction of sp³-hybridized carbons (Fsp3) is 0.250. The molecule has 2 aromatic carbocycles. The van der Waals surface area contributed by atoms with Crippen LogP contribution in [0.1, 0.15) is 23.7 Å². The first kappa shape index (κ1) is 13.9. The number of halogens is 1. The molecule has 0 spiro atoms. The monoisotopic (exact) mass is 276 g/mol. The van der Waals surface area contributed by atoms with Gasteiger partial charge in [0.2, 0.25) is 0 Å². The Morgan fingerprint density at radius 2 is 1.84 bits per heavy atom. The molecule has 100 valence electrons. The molecule has 0 saturated heterocycles. The first-order valence-electron chi connectivity index (χ1n) is 6.26. The molecule has 0 heterocycles. The van der Waals surface area contributed by atoms with Gasteiger partial charge in [0.25, 0.3) is 0 Å². The first-order chi connectivity index (χ1) is 9.22. The van der Waals surface area contributed by atoms with Crippen LogP contribution in [0.4, 0.5) is 0 Å². The van der Waals surface area contributed by atoms with Gasteiger partial charge in [-0.25, -0.2) is 0 Å². The van der Waals surface area contributed by atoms with Crippen LogP contribution in [0.3, 0.4) is 0 Å². The van der Waals surface area contributed by atoms with Crippen LogP contribution in [0.5, 0.6) is 5.75 Å². The van der Waals surface area contributed by atoms with E-state index in [1.165, 1.54) is 5.56 Å². The minimum Gasteiger partial charge on any atom is -0.496 e. The van der Waals surface area contributed by atoms with Crippen LogP contribution < -0.4 is 4.74 Å². The number of methoxy groups -OCH3 is 1. The number of aliphatic hydroxyl groups excluding tert-OH is 1. The van der Waals surface area contributed by atoms with Crippen LogP contribution in [0.25, 0.3) is 0 Å². The van der Waals surface area contributed by atoms with Gasteiger partial charge in [0, 0.05) is 5.56 Å². The molecule has 0 bridgehead atoms. The molecule has 0 amide bonds. The van der Waals surface area contributed by atoms with E-state index in [0.717, 1.165) is 6.42 Å². The molecule has 0 aliphatic heterocycles. The van der Waals surface area contributed by atoms with Crippen molar-refractivity contribution in [3.05, 3.63) is 64.7 Å². The number of hydrogen-bond acceptors (Lipinski definition) is 2. The number of aryl methyl sites for hydroxylation is 1. The molecule has 1 N–H and O–H groups in total. The summed E-state index contributed by atoms with van der Waals surface area (Å²) in [6, 6.07) is 15.5. The van der Waals surface area contributed by atoms with Crippen molar-refractivity contribution in [2.24, 2.45) is 0 Å². The second-order valence-electron chi connectivity index (χ2n) is 4.40. The molecule has 0 saturated carbocycles. The van der Waals surface area contributed by atoms with Crippen molar-refractivity contribution >= 4 is 11.6 Å². The summed E-state index contributed by atoms with van der Waals surface area (Å²) in [7, 11) is 1.58. The third-order valence-corrected chi connectivity index (χ3v) is 3.44. The summed E-state index contributed by atoms with van der Waals surface area (Å²) in [4.78, 5) is 0. The number of rotatable bonds is 5. The van der Waals surface area contributed by atoms with Gasteiger partial charge in [-0.15, -0.1) is 0 Å². The van der Waals surface area contributed by atoms with Crippen molar-refractivity contribution in [1.29, 1.82) is 0 Å². The van der Waals surface area contributed by atoms with Crippen molar-refractivity contribution in [3.8, 4) is 5.75 Å². The maximum atomic E-state index is 10.3. The van der Waals surface area contributed by atoms with E-state index in [1.807, 2.05) is 30.3 Å². The summed E-state index contributed by atoms with van der Waals surface area (Å²) >= 11 is 6.14. The fourth-order valence-electron chi connectivity index (χ4n) is 2.11. The van der Waals surface area contributed by atoms with Crippen LogP contribution in [0.15, 0.2) is 48.5 Å². The Morgan fingerprint density at radius 1 is 1.11 bits per heavy atom. The van der Waals surface area contributed by atoms with E-state index in [-0.39, 0.29) is 0 Å². The maximum Gasteiger partial charge on any atom is 0.126 e. The normalized spacial score (nSPS) is 12.2. The summed E-state index contributed by atoms with van der Waals surface area (Å²) in [5.74, 6) is 0.632. The quantitative estimate of drug-likeness (QED) is 0.894. The lowest BCUT2D eigenvalue weighted by Gasteiger charge is -2.16. The van der Waals surface area contributed by atoms with Gasteiger partial charge >= 0.3 is 0 Å². The molecular formula is C16H17ClO2. The van der Waals surface area contributed by atoms with Gasteiger partial charge in [-0.05, 0) is 30.5 Å². The molecule has 2 rings (SSSR count). The SMILES string of the molecule is COc1cccc(Cl)c1C(O)CCc1ccccc1. The van der Waals surface area contributed by atoms with E-state index < -0.39 is 6.10 Å². The van der Waals surface area contributed by atoms with Crippen molar-refractivity contribution < 1.29 is 9.84 Å². The highest BCUT2D eigenvalue weighted by atomic mass is 35.5. The van der Waals surface area contributed by atoms with Crippen LogP contribution >= 0.6 is 11.6 Å². The second-order valence-corrected chi connectivity index (χ2v) is 4.80. The molecule has 19 heavy (non-hydrogen) atoms. The lowest BCUT2D eigenvalue weighted by atomic mass is 10.0. The number of aliphatic hydroxyl groups is 1. The number of benzene rings is 2. The summed E-state index contributed by atoms with van der Waals surface area (Å²) in [5, 5.41) is 10.9. The average Bonchev–Trinajstić information content (AvgIpc) is 2.45. The smallest absolute Gasteiger partial charge is 0.126 e. The Morgan fingerprint density at radius 3 is 2.53 bits per heavy atom. The van der Waals surface area contributed by atoms with Gasteiger partial charge in [-0.1, -0.05) is 48.0 Å². The second kappa shape index (κ2) is 6.60. The average molecular weight is 277 g/mol. The Balaban J connectivity index is 2.10. The van der Waals surface area contributed by atoms with Crippen molar-refractivity contribution in [2.45, 2.75) is 18.9 Å². The lowest BCUT2D eigenvalue weighted by molar-refractivity contribution is 0.164. The highest BCUT2D eigenvalue weighted by molar-refractivity contribution is 6.31. The van der Waals surface area contributed by atoms with Gasteiger partial charge in [0.15, 0.2) is 0 Å². The highest BCUT2D eigenvalue weighted by Crippen LogP contribution is 2.34. The lowest BCUT2D eigenvalue weighted by Crippen LogP contribution is -2.03. The third-order valence-electron chi connectivity index (χ3n) is 3.12. The molecule has 0 aliphatic carbocycles. The fourth-order valence-corrected chi connectivity index (χ4v) is 2.40. The van der Waals surface area contributed by atoms with E-state index in [9.17, 15) is 5.11 Å². The first-order valence-corrected chi connectivity index (χ1v) is 6.64. The summed E-state index contributed by atoms with van der Waals surface area (Å²) in [5.41, 5.74) is 1.87. The molecule has 2 aromatic rings. The highest BCUT2D eigenvalue weighted by Gasteiger charge is 2.16. The summed E-state index contributed by atoms with van der Waals surface area (Å²) < 4.78 is 5.25. The molecule has 0 fully saturated rings. The zero-order valence-corrected chi connectivity index (χ0v) is 11.6. The van der Waals surface area contributed by atoms with Gasteiger partial charge in [-0.2, -0.15) is 0 Å². The molecule has 0 radical (unpaired) electrons. The summed E-state index contributed by atoms with van der Waals surface area (Å²) in [6.07, 6.45) is 0.796. The molecule has 3 heteroatoms. The Bertz CT molecular complexity index is 526. The van der Waals surface area contributed by atoms with Gasteiger partial charge in [0.1, 0.15) is 5.75 Å². The molecule has 2 nitrogen and oxygen atoms in total. The molecule has 0 aromatic heterocycles. The van der Waals surface area contributed by atoms with E-state index in [4.69, 9.17) is 16.3 Å². The Kier molecular flexibility index (Phi) is 4.83. The largest absolute Gasteiger partial charge is 0.496 e. The van der Waals surface area contributed by atoms with Crippen molar-refractivity contribution in [1.82, 2.24) is 0 Å². The summed E-state index contributed by atoms with van der Waals surface area (Å²) in [6.45, 7) is 0. The van der Waals surface area contributed by atoms with Crippen LogP contribution in [-0.4, -0.2) is 12.2 Å². The Hall–Kier alpha value is -1.51. The van der Waals surface area contributed by atoms with Crippen LogP contribution in [0, 0.1) is 0 Å². The van der Waals surface area contributed by atoms with E-state index in [0.29, 0.717) is 22.8 Å². The predicted octanol–water partition coefficient (Wildman–Crippen LogP) is 4.01. The van der Waals surface area contributed by atoms with Crippen molar-refractivity contribution in [2.75, 3.05) is 7.11 Å². The topological polar surface area (TPSA) is 29.5 Å². The minimum absolute atomic E-state index is 0.542. The van der Waals surface area contributed by atoms with E-state index in [2.05, 4.69) is 12.1 Å². The van der Waals surface area contributed by atoms with E-state index >= 15 is 0 Å². The zero-order valence-electron chi connectivity index (χ0n) is 10.8. The standard InChI is InChI=1S/C16H17ClO2/c1-19-15-9-5-8-13(17)16(15)14(18)11-10-12-6-3-2-4-7-12/h2-9,14,18H,10-11H2,1H3. The van der Waals surface area contributed by atoms with Crippen LogP contribution in [0.2, 0.25) is 5.02 Å². The molecular weight excluding hydrogens is 260 g/mol. The maximum absolute atomic E-state index is 10.3.